The van der Waals surface area contributed by atoms with Crippen molar-refractivity contribution in [3.63, 3.8) is 0 Å². The van der Waals surface area contributed by atoms with Gasteiger partial charge in [-0.05, 0) is 28.2 Å². The highest BCUT2D eigenvalue weighted by atomic mass is 16.5. The molecule has 4 rings (SSSR count). The van der Waals surface area contributed by atoms with Crippen LogP contribution in [-0.2, 0) is 19.1 Å². The average Bonchev–Trinajstić information content (AvgIpc) is 3.38. The number of carbonyl (C=O) groups is 4. The Bertz CT molecular complexity index is 1100. The van der Waals surface area contributed by atoms with E-state index in [1.807, 2.05) is 55.5 Å². The van der Waals surface area contributed by atoms with E-state index in [0.29, 0.717) is 6.42 Å². The van der Waals surface area contributed by atoms with Crippen LogP contribution in [-0.4, -0.2) is 54.2 Å². The lowest BCUT2D eigenvalue weighted by molar-refractivity contribution is -0.143. The predicted molar refractivity (Wildman–Crippen MR) is 128 cm³/mol. The number of carbonyl (C=O) groups excluding carboxylic acids is 3. The van der Waals surface area contributed by atoms with Crippen molar-refractivity contribution in [3.8, 4) is 11.1 Å². The molecule has 1 fully saturated rings. The van der Waals surface area contributed by atoms with Gasteiger partial charge in [-0.2, -0.15) is 0 Å². The number of hydrogen-bond donors (Lipinski definition) is 4. The molecular formula is C26H29N3O6. The summed E-state index contributed by atoms with van der Waals surface area (Å²) in [5, 5.41) is 16.9. The Morgan fingerprint density at radius 2 is 1.69 bits per heavy atom. The number of nitrogens with one attached hydrogen (secondary N) is 3. The molecule has 0 saturated carbocycles. The summed E-state index contributed by atoms with van der Waals surface area (Å²) < 4.78 is 5.56. The molecule has 1 aliphatic heterocycles. The molecule has 0 spiro atoms. The van der Waals surface area contributed by atoms with Crippen molar-refractivity contribution in [2.75, 3.05) is 13.2 Å². The second-order valence-corrected chi connectivity index (χ2v) is 9.01. The van der Waals surface area contributed by atoms with Gasteiger partial charge < -0.3 is 25.8 Å². The first-order chi connectivity index (χ1) is 16.8. The average molecular weight is 480 g/mol. The highest BCUT2D eigenvalue weighted by Crippen LogP contribution is 2.44. The summed E-state index contributed by atoms with van der Waals surface area (Å²) in [4.78, 5) is 49.2. The van der Waals surface area contributed by atoms with E-state index in [-0.39, 0.29) is 25.0 Å². The molecule has 0 bridgehead atoms. The number of carboxylic acid groups (broad SMARTS) is 1. The fourth-order valence-electron chi connectivity index (χ4n) is 4.73. The van der Waals surface area contributed by atoms with Gasteiger partial charge in [0.1, 0.15) is 24.6 Å². The largest absolute Gasteiger partial charge is 0.481 e. The molecule has 1 heterocycles. The molecule has 3 amide bonds. The molecular weight excluding hydrogens is 450 g/mol. The van der Waals surface area contributed by atoms with Gasteiger partial charge in [-0.15, -0.1) is 0 Å². The van der Waals surface area contributed by atoms with E-state index < -0.39 is 41.9 Å². The van der Waals surface area contributed by atoms with Crippen molar-refractivity contribution >= 4 is 23.9 Å². The number of fused-ring (bicyclic) bond motifs is 3. The van der Waals surface area contributed by atoms with E-state index >= 15 is 0 Å². The fraction of sp³-hybridized carbons (Fsp3) is 0.385. The Labute approximate surface area is 203 Å². The van der Waals surface area contributed by atoms with Gasteiger partial charge in [0.15, 0.2) is 0 Å². The highest BCUT2D eigenvalue weighted by molar-refractivity contribution is 5.96. The zero-order valence-electron chi connectivity index (χ0n) is 19.6. The second-order valence-electron chi connectivity index (χ2n) is 9.01. The van der Waals surface area contributed by atoms with E-state index in [2.05, 4.69) is 16.0 Å². The van der Waals surface area contributed by atoms with Crippen LogP contribution in [0.25, 0.3) is 11.1 Å². The first-order valence-electron chi connectivity index (χ1n) is 11.7. The second kappa shape index (κ2) is 10.2. The summed E-state index contributed by atoms with van der Waals surface area (Å²) in [7, 11) is 0. The zero-order chi connectivity index (χ0) is 25.1. The molecule has 0 radical (unpaired) electrons. The monoisotopic (exact) mass is 479 g/mol. The van der Waals surface area contributed by atoms with E-state index in [9.17, 15) is 24.3 Å². The van der Waals surface area contributed by atoms with Crippen LogP contribution in [0.2, 0.25) is 0 Å². The minimum Gasteiger partial charge on any atom is -0.481 e. The van der Waals surface area contributed by atoms with Gasteiger partial charge in [-0.1, -0.05) is 68.8 Å². The molecule has 2 aromatic carbocycles. The fourth-order valence-corrected chi connectivity index (χ4v) is 4.73. The molecule has 9 heteroatoms. The molecule has 4 N–H and O–H groups in total. The minimum atomic E-state index is -1.20. The Balaban J connectivity index is 1.43. The minimum absolute atomic E-state index is 0.0626. The third kappa shape index (κ3) is 4.84. The van der Waals surface area contributed by atoms with Crippen LogP contribution in [0.3, 0.4) is 0 Å². The number of alkyl carbamates (subject to hydrolysis) is 1. The number of rotatable bonds is 8. The Morgan fingerprint density at radius 1 is 1.09 bits per heavy atom. The Morgan fingerprint density at radius 3 is 2.26 bits per heavy atom. The van der Waals surface area contributed by atoms with Gasteiger partial charge in [-0.3, -0.25) is 14.4 Å². The first-order valence-corrected chi connectivity index (χ1v) is 11.7. The number of benzene rings is 2. The van der Waals surface area contributed by atoms with E-state index in [4.69, 9.17) is 4.74 Å². The van der Waals surface area contributed by atoms with Crippen LogP contribution < -0.4 is 16.0 Å². The van der Waals surface area contributed by atoms with Crippen molar-refractivity contribution in [3.05, 3.63) is 59.7 Å². The molecule has 0 aromatic heterocycles. The number of aliphatic carboxylic acids is 1. The molecule has 184 valence electrons. The maximum atomic E-state index is 13.0. The van der Waals surface area contributed by atoms with Crippen LogP contribution >= 0.6 is 0 Å². The van der Waals surface area contributed by atoms with Gasteiger partial charge in [-0.25, -0.2) is 4.79 Å². The van der Waals surface area contributed by atoms with Crippen molar-refractivity contribution in [1.29, 1.82) is 0 Å². The summed E-state index contributed by atoms with van der Waals surface area (Å²) in [6.07, 6.45) is -0.181. The third-order valence-corrected chi connectivity index (χ3v) is 6.91. The van der Waals surface area contributed by atoms with Gasteiger partial charge >= 0.3 is 12.1 Å². The molecule has 2 unspecified atom stereocenters. The number of amides is 3. The van der Waals surface area contributed by atoms with E-state index in [0.717, 1.165) is 22.3 Å². The van der Waals surface area contributed by atoms with Gasteiger partial charge in [0.05, 0.1) is 0 Å². The number of ether oxygens (including phenoxy) is 1. The molecule has 4 atom stereocenters. The van der Waals surface area contributed by atoms with Crippen molar-refractivity contribution in [1.82, 2.24) is 16.0 Å². The smallest absolute Gasteiger partial charge is 0.407 e. The summed E-state index contributed by atoms with van der Waals surface area (Å²) in [5.41, 5.74) is 4.36. The first kappa shape index (κ1) is 24.3. The lowest BCUT2D eigenvalue weighted by Crippen LogP contribution is -2.55. The standard InChI is InChI=1S/C26H29N3O6/c1-3-14(2)21(24(31)28-22-19(25(32)33)12-27-23(22)30)29-26(34)35-13-20-17-10-6-4-8-15(17)16-9-5-7-11-18(16)20/h4-11,14,19-22H,3,12-13H2,1-2H3,(H,27,30)(H,28,31)(H,29,34)(H,32,33)/t14-,19?,21-,22?/m0/s1. The SMILES string of the molecule is CC[C@H](C)[C@H](NC(=O)OCC1c2ccccc2-c2ccccc21)C(=O)NC1C(=O)NCC1C(=O)O. The van der Waals surface area contributed by atoms with Gasteiger partial charge in [0.2, 0.25) is 11.8 Å². The molecule has 2 aliphatic rings. The summed E-state index contributed by atoms with van der Waals surface area (Å²) >= 11 is 0. The van der Waals surface area contributed by atoms with Crippen LogP contribution in [0.5, 0.6) is 0 Å². The third-order valence-electron chi connectivity index (χ3n) is 6.91. The van der Waals surface area contributed by atoms with E-state index in [1.165, 1.54) is 0 Å². The van der Waals surface area contributed by atoms with Crippen molar-refractivity contribution in [2.24, 2.45) is 11.8 Å². The van der Waals surface area contributed by atoms with Gasteiger partial charge in [0.25, 0.3) is 0 Å². The Hall–Kier alpha value is -3.88. The normalized spacial score (nSPS) is 20.2. The molecule has 1 saturated heterocycles. The molecule has 35 heavy (non-hydrogen) atoms. The molecule has 2 aromatic rings. The predicted octanol–water partition coefficient (Wildman–Crippen LogP) is 2.26. The van der Waals surface area contributed by atoms with Crippen LogP contribution in [0.4, 0.5) is 4.79 Å². The quantitative estimate of drug-likeness (QED) is 0.459. The lowest BCUT2D eigenvalue weighted by atomic mass is 9.97. The summed E-state index contributed by atoms with van der Waals surface area (Å²) in [6, 6.07) is 13.8. The van der Waals surface area contributed by atoms with Crippen molar-refractivity contribution < 1.29 is 29.0 Å². The van der Waals surface area contributed by atoms with Crippen molar-refractivity contribution in [2.45, 2.75) is 38.3 Å². The zero-order valence-corrected chi connectivity index (χ0v) is 19.6. The lowest BCUT2D eigenvalue weighted by Gasteiger charge is -2.25. The maximum absolute atomic E-state index is 13.0. The maximum Gasteiger partial charge on any atom is 0.407 e. The number of carboxylic acids is 1. The molecule has 9 nitrogen and oxygen atoms in total. The molecule has 1 aliphatic carbocycles. The highest BCUT2D eigenvalue weighted by Gasteiger charge is 2.42. The van der Waals surface area contributed by atoms with Crippen LogP contribution in [0.1, 0.15) is 37.3 Å². The summed E-state index contributed by atoms with van der Waals surface area (Å²) in [5.74, 6) is -3.83. The summed E-state index contributed by atoms with van der Waals surface area (Å²) in [6.45, 7) is 3.69. The van der Waals surface area contributed by atoms with Crippen LogP contribution in [0, 0.1) is 11.8 Å². The Kier molecular flexibility index (Phi) is 7.04. The number of hydrogen-bond acceptors (Lipinski definition) is 5. The van der Waals surface area contributed by atoms with Crippen LogP contribution in [0.15, 0.2) is 48.5 Å². The topological polar surface area (TPSA) is 134 Å². The van der Waals surface area contributed by atoms with Gasteiger partial charge in [0, 0.05) is 12.5 Å². The van der Waals surface area contributed by atoms with E-state index in [1.54, 1.807) is 6.92 Å².